The molecule has 1 amide bonds. The Morgan fingerprint density at radius 2 is 2.20 bits per heavy atom. The van der Waals surface area contributed by atoms with Gasteiger partial charge in [0.05, 0.1) is 6.61 Å². The Kier molecular flexibility index (Phi) is 5.15. The lowest BCUT2D eigenvalue weighted by molar-refractivity contribution is -0.130. The Balaban J connectivity index is 1.92. The standard InChI is InChI=1S/C14H22N4O2/c1-3-8-20-13-9-12(15-10-16-13)17-11(2)14(19)18-6-4-5-7-18/h9-11H,3-8H2,1-2H3,(H,15,16,17). The van der Waals surface area contributed by atoms with Crippen molar-refractivity contribution in [2.45, 2.75) is 39.2 Å². The zero-order valence-electron chi connectivity index (χ0n) is 12.1. The molecule has 0 saturated carbocycles. The van der Waals surface area contributed by atoms with E-state index in [4.69, 9.17) is 4.74 Å². The molecule has 1 aliphatic heterocycles. The van der Waals surface area contributed by atoms with Gasteiger partial charge in [-0.1, -0.05) is 6.92 Å². The number of amides is 1. The van der Waals surface area contributed by atoms with E-state index in [1.54, 1.807) is 6.07 Å². The number of carbonyl (C=O) groups excluding carboxylic acids is 1. The number of carbonyl (C=O) groups is 1. The predicted octanol–water partition coefficient (Wildman–Crippen LogP) is 1.69. The summed E-state index contributed by atoms with van der Waals surface area (Å²) >= 11 is 0. The minimum atomic E-state index is -0.290. The molecule has 2 rings (SSSR count). The molecule has 0 radical (unpaired) electrons. The van der Waals surface area contributed by atoms with Crippen LogP contribution >= 0.6 is 0 Å². The first kappa shape index (κ1) is 14.6. The van der Waals surface area contributed by atoms with Gasteiger partial charge in [-0.2, -0.15) is 0 Å². The molecule has 1 atom stereocenters. The van der Waals surface area contributed by atoms with Gasteiger partial charge in [-0.15, -0.1) is 0 Å². The molecule has 1 unspecified atom stereocenters. The lowest BCUT2D eigenvalue weighted by atomic mass is 10.3. The number of likely N-dealkylation sites (tertiary alicyclic amines) is 1. The molecule has 1 saturated heterocycles. The van der Waals surface area contributed by atoms with Gasteiger partial charge in [0.15, 0.2) is 0 Å². The van der Waals surface area contributed by atoms with E-state index < -0.39 is 0 Å². The van der Waals surface area contributed by atoms with Crippen LogP contribution in [0.3, 0.4) is 0 Å². The first-order valence-corrected chi connectivity index (χ1v) is 7.21. The lowest BCUT2D eigenvalue weighted by Crippen LogP contribution is -2.39. The molecule has 0 spiro atoms. The fraction of sp³-hybridized carbons (Fsp3) is 0.643. The topological polar surface area (TPSA) is 67.3 Å². The number of aromatic nitrogens is 2. The van der Waals surface area contributed by atoms with E-state index in [9.17, 15) is 4.79 Å². The van der Waals surface area contributed by atoms with Crippen LogP contribution in [0.5, 0.6) is 5.88 Å². The monoisotopic (exact) mass is 278 g/mol. The Hall–Kier alpha value is -1.85. The van der Waals surface area contributed by atoms with Crippen LogP contribution in [0, 0.1) is 0 Å². The van der Waals surface area contributed by atoms with Crippen LogP contribution in [-0.4, -0.2) is 46.5 Å². The number of hydrogen-bond acceptors (Lipinski definition) is 5. The molecule has 1 aromatic heterocycles. The molecule has 20 heavy (non-hydrogen) atoms. The summed E-state index contributed by atoms with van der Waals surface area (Å²) in [5.41, 5.74) is 0. The van der Waals surface area contributed by atoms with Gasteiger partial charge in [-0.25, -0.2) is 9.97 Å². The van der Waals surface area contributed by atoms with E-state index in [-0.39, 0.29) is 11.9 Å². The summed E-state index contributed by atoms with van der Waals surface area (Å²) in [7, 11) is 0. The highest BCUT2D eigenvalue weighted by atomic mass is 16.5. The highest BCUT2D eigenvalue weighted by Gasteiger charge is 2.23. The molecule has 6 heteroatoms. The maximum Gasteiger partial charge on any atom is 0.244 e. The fourth-order valence-electron chi connectivity index (χ4n) is 2.20. The smallest absolute Gasteiger partial charge is 0.244 e. The third-order valence-electron chi connectivity index (χ3n) is 3.25. The minimum Gasteiger partial charge on any atom is -0.478 e. The zero-order chi connectivity index (χ0) is 14.4. The van der Waals surface area contributed by atoms with Gasteiger partial charge in [0.1, 0.15) is 18.2 Å². The minimum absolute atomic E-state index is 0.122. The third-order valence-corrected chi connectivity index (χ3v) is 3.25. The Bertz CT molecular complexity index is 447. The van der Waals surface area contributed by atoms with Gasteiger partial charge < -0.3 is 15.0 Å². The first-order chi connectivity index (χ1) is 9.70. The molecule has 1 aliphatic rings. The normalized spacial score (nSPS) is 16.0. The summed E-state index contributed by atoms with van der Waals surface area (Å²) in [6, 6.07) is 1.44. The number of anilines is 1. The molecule has 6 nitrogen and oxygen atoms in total. The highest BCUT2D eigenvalue weighted by molar-refractivity contribution is 5.84. The average molecular weight is 278 g/mol. The van der Waals surface area contributed by atoms with Crippen molar-refractivity contribution >= 4 is 11.7 Å². The maximum absolute atomic E-state index is 12.2. The van der Waals surface area contributed by atoms with E-state index in [1.165, 1.54) is 6.33 Å². The number of hydrogen-bond donors (Lipinski definition) is 1. The SMILES string of the molecule is CCCOc1cc(NC(C)C(=O)N2CCCC2)ncn1. The van der Waals surface area contributed by atoms with Crippen LogP contribution in [0.15, 0.2) is 12.4 Å². The zero-order valence-corrected chi connectivity index (χ0v) is 12.1. The van der Waals surface area contributed by atoms with Crippen LogP contribution < -0.4 is 10.1 Å². The largest absolute Gasteiger partial charge is 0.478 e. The van der Waals surface area contributed by atoms with Crippen LogP contribution in [0.4, 0.5) is 5.82 Å². The molecule has 0 bridgehead atoms. The number of nitrogens with one attached hydrogen (secondary N) is 1. The summed E-state index contributed by atoms with van der Waals surface area (Å²) in [5, 5.41) is 3.11. The summed E-state index contributed by atoms with van der Waals surface area (Å²) in [6.45, 7) is 6.24. The maximum atomic E-state index is 12.2. The summed E-state index contributed by atoms with van der Waals surface area (Å²) in [5.74, 6) is 1.27. The van der Waals surface area contributed by atoms with Crippen molar-refractivity contribution in [2.75, 3.05) is 25.0 Å². The van der Waals surface area contributed by atoms with E-state index in [0.717, 1.165) is 32.4 Å². The Morgan fingerprint density at radius 1 is 1.45 bits per heavy atom. The number of ether oxygens (including phenoxy) is 1. The van der Waals surface area contributed by atoms with Crippen molar-refractivity contribution < 1.29 is 9.53 Å². The van der Waals surface area contributed by atoms with E-state index in [2.05, 4.69) is 15.3 Å². The van der Waals surface area contributed by atoms with Gasteiger partial charge >= 0.3 is 0 Å². The molecular formula is C14H22N4O2. The second-order valence-corrected chi connectivity index (χ2v) is 4.99. The third kappa shape index (κ3) is 3.82. The molecule has 0 aromatic carbocycles. The fourth-order valence-corrected chi connectivity index (χ4v) is 2.20. The van der Waals surface area contributed by atoms with Crippen LogP contribution in [-0.2, 0) is 4.79 Å². The van der Waals surface area contributed by atoms with Crippen LogP contribution in [0.1, 0.15) is 33.1 Å². The molecule has 1 aromatic rings. The van der Waals surface area contributed by atoms with E-state index in [0.29, 0.717) is 18.3 Å². The van der Waals surface area contributed by atoms with Gasteiger partial charge in [-0.3, -0.25) is 4.79 Å². The second kappa shape index (κ2) is 7.07. The van der Waals surface area contributed by atoms with Crippen molar-refractivity contribution in [3.8, 4) is 5.88 Å². The van der Waals surface area contributed by atoms with E-state index >= 15 is 0 Å². The average Bonchev–Trinajstić information content (AvgIpc) is 2.98. The number of nitrogens with zero attached hydrogens (tertiary/aromatic N) is 3. The molecule has 0 aliphatic carbocycles. The van der Waals surface area contributed by atoms with E-state index in [1.807, 2.05) is 18.7 Å². The van der Waals surface area contributed by atoms with Crippen LogP contribution in [0.25, 0.3) is 0 Å². The lowest BCUT2D eigenvalue weighted by Gasteiger charge is -2.21. The summed E-state index contributed by atoms with van der Waals surface area (Å²) in [6.07, 6.45) is 4.57. The van der Waals surface area contributed by atoms with Crippen molar-refractivity contribution in [2.24, 2.45) is 0 Å². The highest BCUT2D eigenvalue weighted by Crippen LogP contribution is 2.14. The van der Waals surface area contributed by atoms with Crippen molar-refractivity contribution in [3.63, 3.8) is 0 Å². The van der Waals surface area contributed by atoms with Gasteiger partial charge in [0.2, 0.25) is 11.8 Å². The second-order valence-electron chi connectivity index (χ2n) is 4.99. The van der Waals surface area contributed by atoms with Crippen LogP contribution in [0.2, 0.25) is 0 Å². The molecule has 1 N–H and O–H groups in total. The van der Waals surface area contributed by atoms with Gasteiger partial charge in [-0.05, 0) is 26.2 Å². The van der Waals surface area contributed by atoms with Gasteiger partial charge in [0, 0.05) is 19.2 Å². The molecular weight excluding hydrogens is 256 g/mol. The predicted molar refractivity (Wildman–Crippen MR) is 76.7 cm³/mol. The molecule has 110 valence electrons. The Morgan fingerprint density at radius 3 is 2.90 bits per heavy atom. The molecule has 2 heterocycles. The van der Waals surface area contributed by atoms with Crippen molar-refractivity contribution in [1.82, 2.24) is 14.9 Å². The summed E-state index contributed by atoms with van der Waals surface area (Å²) < 4.78 is 5.45. The summed E-state index contributed by atoms with van der Waals surface area (Å²) in [4.78, 5) is 22.3. The van der Waals surface area contributed by atoms with Gasteiger partial charge in [0.25, 0.3) is 0 Å². The first-order valence-electron chi connectivity index (χ1n) is 7.21. The molecule has 1 fully saturated rings. The number of rotatable bonds is 6. The van der Waals surface area contributed by atoms with Crippen molar-refractivity contribution in [3.05, 3.63) is 12.4 Å². The Labute approximate surface area is 119 Å². The van der Waals surface area contributed by atoms with Crippen molar-refractivity contribution in [1.29, 1.82) is 0 Å². The quantitative estimate of drug-likeness (QED) is 0.857.